The molecule has 96 valence electrons. The SMILES string of the molecule is C1CC1NC1CCN(C2CCN(C3CC3)C2)C1. The number of nitrogens with zero attached hydrogens (tertiary/aromatic N) is 2. The molecular weight excluding hydrogens is 210 g/mol. The maximum absolute atomic E-state index is 3.80. The molecule has 0 aromatic rings. The Bertz CT molecular complexity index is 285. The third kappa shape index (κ3) is 2.38. The van der Waals surface area contributed by atoms with Crippen LogP contribution < -0.4 is 5.32 Å². The van der Waals surface area contributed by atoms with Crippen LogP contribution in [-0.2, 0) is 0 Å². The number of hydrogen-bond donors (Lipinski definition) is 1. The van der Waals surface area contributed by atoms with Crippen LogP contribution in [-0.4, -0.2) is 60.1 Å². The van der Waals surface area contributed by atoms with E-state index in [-0.39, 0.29) is 0 Å². The molecule has 2 aliphatic heterocycles. The summed E-state index contributed by atoms with van der Waals surface area (Å²) < 4.78 is 0. The first kappa shape index (κ1) is 10.8. The van der Waals surface area contributed by atoms with Crippen LogP contribution in [0.4, 0.5) is 0 Å². The van der Waals surface area contributed by atoms with Crippen molar-refractivity contribution in [3.05, 3.63) is 0 Å². The summed E-state index contributed by atoms with van der Waals surface area (Å²) in [4.78, 5) is 5.51. The summed E-state index contributed by atoms with van der Waals surface area (Å²) in [6, 6.07) is 3.54. The van der Waals surface area contributed by atoms with E-state index in [0.717, 1.165) is 24.2 Å². The lowest BCUT2D eigenvalue weighted by atomic mass is 10.2. The first-order valence-electron chi connectivity index (χ1n) is 7.62. The van der Waals surface area contributed by atoms with Gasteiger partial charge in [-0.2, -0.15) is 0 Å². The molecule has 0 radical (unpaired) electrons. The Morgan fingerprint density at radius 3 is 2.18 bits per heavy atom. The van der Waals surface area contributed by atoms with Crippen LogP contribution in [0.25, 0.3) is 0 Å². The highest BCUT2D eigenvalue weighted by atomic mass is 15.3. The van der Waals surface area contributed by atoms with Crippen LogP contribution in [0.3, 0.4) is 0 Å². The summed E-state index contributed by atoms with van der Waals surface area (Å²) in [6.07, 6.45) is 8.60. The summed E-state index contributed by atoms with van der Waals surface area (Å²) in [7, 11) is 0. The van der Waals surface area contributed by atoms with Gasteiger partial charge in [0.1, 0.15) is 0 Å². The van der Waals surface area contributed by atoms with E-state index >= 15 is 0 Å². The van der Waals surface area contributed by atoms with Crippen molar-refractivity contribution >= 4 is 0 Å². The Hall–Kier alpha value is -0.120. The van der Waals surface area contributed by atoms with Crippen molar-refractivity contribution < 1.29 is 0 Å². The average molecular weight is 235 g/mol. The second kappa shape index (κ2) is 4.22. The molecule has 2 heterocycles. The highest BCUT2D eigenvalue weighted by Gasteiger charge is 2.38. The van der Waals surface area contributed by atoms with Crippen LogP contribution in [0, 0.1) is 0 Å². The molecule has 4 aliphatic rings. The second-order valence-electron chi connectivity index (χ2n) is 6.59. The van der Waals surface area contributed by atoms with Gasteiger partial charge < -0.3 is 5.32 Å². The van der Waals surface area contributed by atoms with E-state index in [1.165, 1.54) is 64.7 Å². The van der Waals surface area contributed by atoms with Gasteiger partial charge >= 0.3 is 0 Å². The predicted octanol–water partition coefficient (Wildman–Crippen LogP) is 1.05. The summed E-state index contributed by atoms with van der Waals surface area (Å²) in [5.41, 5.74) is 0. The molecule has 0 amide bonds. The zero-order valence-electron chi connectivity index (χ0n) is 10.8. The topological polar surface area (TPSA) is 18.5 Å². The Kier molecular flexibility index (Phi) is 2.67. The summed E-state index contributed by atoms with van der Waals surface area (Å²) >= 11 is 0. The molecule has 3 nitrogen and oxygen atoms in total. The highest BCUT2D eigenvalue weighted by Crippen LogP contribution is 2.32. The van der Waals surface area contributed by atoms with Gasteiger partial charge in [-0.15, -0.1) is 0 Å². The average Bonchev–Trinajstić information content (AvgIpc) is 3.23. The van der Waals surface area contributed by atoms with E-state index in [4.69, 9.17) is 0 Å². The molecule has 4 rings (SSSR count). The Morgan fingerprint density at radius 1 is 0.647 bits per heavy atom. The molecule has 2 saturated heterocycles. The summed E-state index contributed by atoms with van der Waals surface area (Å²) in [5.74, 6) is 0. The fourth-order valence-corrected chi connectivity index (χ4v) is 3.68. The van der Waals surface area contributed by atoms with Gasteiger partial charge in [0.25, 0.3) is 0 Å². The molecule has 2 unspecified atom stereocenters. The van der Waals surface area contributed by atoms with Crippen LogP contribution >= 0.6 is 0 Å². The van der Waals surface area contributed by atoms with E-state index in [2.05, 4.69) is 15.1 Å². The fourth-order valence-electron chi connectivity index (χ4n) is 3.68. The van der Waals surface area contributed by atoms with Gasteiger partial charge in [0.05, 0.1) is 0 Å². The molecule has 0 bridgehead atoms. The molecule has 3 heteroatoms. The molecule has 1 N–H and O–H groups in total. The largest absolute Gasteiger partial charge is 0.310 e. The van der Waals surface area contributed by atoms with Crippen molar-refractivity contribution in [1.82, 2.24) is 15.1 Å². The predicted molar refractivity (Wildman–Crippen MR) is 69.1 cm³/mol. The number of rotatable bonds is 4. The molecule has 17 heavy (non-hydrogen) atoms. The molecule has 4 fully saturated rings. The van der Waals surface area contributed by atoms with E-state index in [0.29, 0.717) is 0 Å². The maximum atomic E-state index is 3.80. The first-order valence-corrected chi connectivity index (χ1v) is 7.62. The van der Waals surface area contributed by atoms with Crippen molar-refractivity contribution in [1.29, 1.82) is 0 Å². The fraction of sp³-hybridized carbons (Fsp3) is 1.00. The zero-order chi connectivity index (χ0) is 11.2. The van der Waals surface area contributed by atoms with Gasteiger partial charge in [-0.3, -0.25) is 9.80 Å². The zero-order valence-corrected chi connectivity index (χ0v) is 10.8. The molecule has 2 aliphatic carbocycles. The van der Waals surface area contributed by atoms with Gasteiger partial charge in [-0.05, 0) is 38.5 Å². The van der Waals surface area contributed by atoms with E-state index in [1.807, 2.05) is 0 Å². The minimum Gasteiger partial charge on any atom is -0.310 e. The van der Waals surface area contributed by atoms with Gasteiger partial charge in [-0.1, -0.05) is 0 Å². The van der Waals surface area contributed by atoms with Crippen molar-refractivity contribution in [2.45, 2.75) is 62.7 Å². The monoisotopic (exact) mass is 235 g/mol. The minimum absolute atomic E-state index is 0.803. The van der Waals surface area contributed by atoms with Gasteiger partial charge in [0, 0.05) is 50.3 Å². The third-order valence-corrected chi connectivity index (χ3v) is 5.04. The van der Waals surface area contributed by atoms with Crippen molar-refractivity contribution in [3.8, 4) is 0 Å². The second-order valence-corrected chi connectivity index (χ2v) is 6.59. The number of nitrogens with one attached hydrogen (secondary N) is 1. The molecule has 0 spiro atoms. The molecule has 2 saturated carbocycles. The smallest absolute Gasteiger partial charge is 0.0236 e. The van der Waals surface area contributed by atoms with Gasteiger partial charge in [0.2, 0.25) is 0 Å². The van der Waals surface area contributed by atoms with Crippen LogP contribution in [0.15, 0.2) is 0 Å². The van der Waals surface area contributed by atoms with Crippen LogP contribution in [0.2, 0.25) is 0 Å². The minimum atomic E-state index is 0.803. The van der Waals surface area contributed by atoms with Gasteiger partial charge in [0.15, 0.2) is 0 Å². The lowest BCUT2D eigenvalue weighted by Gasteiger charge is -2.24. The van der Waals surface area contributed by atoms with Crippen LogP contribution in [0.1, 0.15) is 38.5 Å². The lowest BCUT2D eigenvalue weighted by molar-refractivity contribution is 0.224. The maximum Gasteiger partial charge on any atom is 0.0236 e. The van der Waals surface area contributed by atoms with E-state index in [9.17, 15) is 0 Å². The normalized spacial score (nSPS) is 40.2. The summed E-state index contributed by atoms with van der Waals surface area (Å²) in [5, 5.41) is 3.80. The Morgan fingerprint density at radius 2 is 1.41 bits per heavy atom. The van der Waals surface area contributed by atoms with Crippen LogP contribution in [0.5, 0.6) is 0 Å². The van der Waals surface area contributed by atoms with Gasteiger partial charge in [-0.25, -0.2) is 0 Å². The standard InChI is InChI=1S/C14H25N3/c1-2-11(1)15-12-5-7-16(9-12)14-6-8-17(10-14)13-3-4-13/h11-15H,1-10H2. The van der Waals surface area contributed by atoms with E-state index in [1.54, 1.807) is 0 Å². The quantitative estimate of drug-likeness (QED) is 0.786. The molecule has 2 atom stereocenters. The Labute approximate surface area is 105 Å². The van der Waals surface area contributed by atoms with E-state index < -0.39 is 0 Å². The summed E-state index contributed by atoms with van der Waals surface area (Å²) in [6.45, 7) is 5.39. The van der Waals surface area contributed by atoms with Crippen molar-refractivity contribution in [2.75, 3.05) is 26.2 Å². The third-order valence-electron chi connectivity index (χ3n) is 5.04. The van der Waals surface area contributed by atoms with Crippen molar-refractivity contribution in [2.24, 2.45) is 0 Å². The molecule has 0 aromatic heterocycles. The first-order chi connectivity index (χ1) is 8.38. The molecule has 0 aromatic carbocycles. The number of likely N-dealkylation sites (tertiary alicyclic amines) is 2. The Balaban J connectivity index is 1.28. The van der Waals surface area contributed by atoms with Crippen molar-refractivity contribution in [3.63, 3.8) is 0 Å². The number of hydrogen-bond acceptors (Lipinski definition) is 3. The molecular formula is C14H25N3. The lowest BCUT2D eigenvalue weighted by Crippen LogP contribution is -2.39. The highest BCUT2D eigenvalue weighted by molar-refractivity contribution is 4.96.